The summed E-state index contributed by atoms with van der Waals surface area (Å²) in [5.41, 5.74) is 7.27. The molecule has 6 heteroatoms. The molecule has 2 atom stereocenters. The Morgan fingerprint density at radius 3 is 2.82 bits per heavy atom. The maximum absolute atomic E-state index is 12.3. The highest BCUT2D eigenvalue weighted by atomic mass is 16.5. The van der Waals surface area contributed by atoms with Crippen LogP contribution in [0.25, 0.3) is 0 Å². The van der Waals surface area contributed by atoms with E-state index in [2.05, 4.69) is 16.2 Å². The van der Waals surface area contributed by atoms with Crippen molar-refractivity contribution < 1.29 is 14.3 Å². The number of hydrogen-bond acceptors (Lipinski definition) is 5. The molecule has 1 heterocycles. The van der Waals surface area contributed by atoms with Crippen molar-refractivity contribution in [2.45, 2.75) is 25.8 Å². The second-order valence-corrected chi connectivity index (χ2v) is 5.22. The summed E-state index contributed by atoms with van der Waals surface area (Å²) in [6, 6.07) is 9.85. The summed E-state index contributed by atoms with van der Waals surface area (Å²) < 4.78 is 4.85. The number of nitrogens with one attached hydrogen (secondary N) is 3. The maximum Gasteiger partial charge on any atom is 0.305 e. The number of esters is 1. The minimum absolute atomic E-state index is 0.00443. The predicted octanol–water partition coefficient (Wildman–Crippen LogP) is 0.911. The zero-order valence-electron chi connectivity index (χ0n) is 12.8. The van der Waals surface area contributed by atoms with Gasteiger partial charge in [0.1, 0.15) is 0 Å². The molecule has 120 valence electrons. The molecule has 0 bridgehead atoms. The first-order valence-electron chi connectivity index (χ1n) is 7.69. The topological polar surface area (TPSA) is 79.5 Å². The van der Waals surface area contributed by atoms with Crippen LogP contribution in [0.3, 0.4) is 0 Å². The number of ether oxygens (including phenoxy) is 1. The van der Waals surface area contributed by atoms with Crippen LogP contribution < -0.4 is 16.2 Å². The highest BCUT2D eigenvalue weighted by Crippen LogP contribution is 2.24. The molecule has 0 saturated carbocycles. The Kier molecular flexibility index (Phi) is 6.36. The summed E-state index contributed by atoms with van der Waals surface area (Å²) in [5.74, 6) is -0.386. The fourth-order valence-corrected chi connectivity index (χ4v) is 2.53. The average molecular weight is 305 g/mol. The van der Waals surface area contributed by atoms with E-state index in [0.29, 0.717) is 32.5 Å². The van der Waals surface area contributed by atoms with Crippen molar-refractivity contribution in [2.24, 2.45) is 5.92 Å². The fourth-order valence-electron chi connectivity index (χ4n) is 2.53. The summed E-state index contributed by atoms with van der Waals surface area (Å²) >= 11 is 0. The maximum atomic E-state index is 12.3. The zero-order valence-corrected chi connectivity index (χ0v) is 12.8. The summed E-state index contributed by atoms with van der Waals surface area (Å²) in [7, 11) is 0. The largest absolute Gasteiger partial charge is 0.466 e. The summed E-state index contributed by atoms with van der Waals surface area (Å²) in [4.78, 5) is 23.5. The summed E-state index contributed by atoms with van der Waals surface area (Å²) in [6.45, 7) is 3.24. The molecule has 2 rings (SSSR count). The van der Waals surface area contributed by atoms with Crippen molar-refractivity contribution in [3.8, 4) is 0 Å². The van der Waals surface area contributed by atoms with Crippen molar-refractivity contribution in [2.75, 3.05) is 19.7 Å². The van der Waals surface area contributed by atoms with Gasteiger partial charge >= 0.3 is 5.97 Å². The number of rotatable bonds is 7. The van der Waals surface area contributed by atoms with Gasteiger partial charge in [-0.1, -0.05) is 30.3 Å². The van der Waals surface area contributed by atoms with Gasteiger partial charge in [0.05, 0.1) is 18.6 Å². The third-order valence-electron chi connectivity index (χ3n) is 3.64. The van der Waals surface area contributed by atoms with Gasteiger partial charge in [0.15, 0.2) is 0 Å². The van der Waals surface area contributed by atoms with Crippen molar-refractivity contribution in [3.05, 3.63) is 35.9 Å². The van der Waals surface area contributed by atoms with Crippen LogP contribution in [0.5, 0.6) is 0 Å². The molecule has 2 unspecified atom stereocenters. The zero-order chi connectivity index (χ0) is 15.8. The van der Waals surface area contributed by atoms with E-state index in [0.717, 1.165) is 5.56 Å². The molecular weight excluding hydrogens is 282 g/mol. The Hall–Kier alpha value is -1.92. The third kappa shape index (κ3) is 4.54. The second kappa shape index (κ2) is 8.51. The first-order valence-corrected chi connectivity index (χ1v) is 7.69. The molecular formula is C16H23N3O3. The van der Waals surface area contributed by atoms with Gasteiger partial charge in [-0.2, -0.15) is 0 Å². The standard InChI is InChI=1S/C16H23N3O3/c1-2-22-14(20)9-6-10-17-16(21)13-11-18-19-15(13)12-7-4-3-5-8-12/h3-5,7-8,13,15,18-19H,2,6,9-11H2,1H3,(H,17,21). The van der Waals surface area contributed by atoms with E-state index in [-0.39, 0.29) is 23.8 Å². The normalized spacial score (nSPS) is 20.6. The Morgan fingerprint density at radius 2 is 2.09 bits per heavy atom. The van der Waals surface area contributed by atoms with Crippen LogP contribution in [0.4, 0.5) is 0 Å². The lowest BCUT2D eigenvalue weighted by atomic mass is 9.94. The summed E-state index contributed by atoms with van der Waals surface area (Å²) in [5, 5.41) is 2.90. The Labute approximate surface area is 130 Å². The van der Waals surface area contributed by atoms with Gasteiger partial charge in [0.25, 0.3) is 0 Å². The van der Waals surface area contributed by atoms with Crippen LogP contribution in [0.15, 0.2) is 30.3 Å². The number of hydrogen-bond donors (Lipinski definition) is 3. The van der Waals surface area contributed by atoms with E-state index in [9.17, 15) is 9.59 Å². The van der Waals surface area contributed by atoms with Crippen LogP contribution in [0.2, 0.25) is 0 Å². The van der Waals surface area contributed by atoms with E-state index >= 15 is 0 Å². The quantitative estimate of drug-likeness (QED) is 0.515. The molecule has 22 heavy (non-hydrogen) atoms. The van der Waals surface area contributed by atoms with E-state index in [4.69, 9.17) is 4.74 Å². The number of carbonyl (C=O) groups excluding carboxylic acids is 2. The van der Waals surface area contributed by atoms with Gasteiger partial charge in [0, 0.05) is 19.5 Å². The molecule has 1 fully saturated rings. The molecule has 0 aliphatic carbocycles. The van der Waals surface area contributed by atoms with Gasteiger partial charge < -0.3 is 10.1 Å². The van der Waals surface area contributed by atoms with Crippen LogP contribution in [-0.2, 0) is 14.3 Å². The molecule has 0 radical (unpaired) electrons. The lowest BCUT2D eigenvalue weighted by Gasteiger charge is -2.18. The minimum atomic E-state index is -0.219. The van der Waals surface area contributed by atoms with Crippen molar-refractivity contribution in [3.63, 3.8) is 0 Å². The van der Waals surface area contributed by atoms with Gasteiger partial charge in [-0.3, -0.25) is 15.0 Å². The molecule has 1 aliphatic heterocycles. The number of amides is 1. The molecule has 0 aromatic heterocycles. The Balaban J connectivity index is 1.78. The highest BCUT2D eigenvalue weighted by molar-refractivity contribution is 5.80. The van der Waals surface area contributed by atoms with Gasteiger partial charge in [-0.15, -0.1) is 0 Å². The lowest BCUT2D eigenvalue weighted by Crippen LogP contribution is -2.35. The van der Waals surface area contributed by atoms with Gasteiger partial charge in [-0.05, 0) is 18.9 Å². The van der Waals surface area contributed by atoms with Crippen molar-refractivity contribution in [1.29, 1.82) is 0 Å². The van der Waals surface area contributed by atoms with Gasteiger partial charge in [-0.25, -0.2) is 5.43 Å². The second-order valence-electron chi connectivity index (χ2n) is 5.22. The van der Waals surface area contributed by atoms with Crippen LogP contribution >= 0.6 is 0 Å². The monoisotopic (exact) mass is 305 g/mol. The first kappa shape index (κ1) is 16.5. The predicted molar refractivity (Wildman–Crippen MR) is 82.7 cm³/mol. The average Bonchev–Trinajstić information content (AvgIpc) is 3.02. The van der Waals surface area contributed by atoms with E-state index in [1.54, 1.807) is 6.92 Å². The molecule has 0 spiro atoms. The number of hydrazine groups is 1. The summed E-state index contributed by atoms with van der Waals surface area (Å²) in [6.07, 6.45) is 0.922. The Morgan fingerprint density at radius 1 is 1.32 bits per heavy atom. The van der Waals surface area contributed by atoms with Crippen molar-refractivity contribution in [1.82, 2.24) is 16.2 Å². The smallest absolute Gasteiger partial charge is 0.305 e. The molecule has 6 nitrogen and oxygen atoms in total. The fraction of sp³-hybridized carbons (Fsp3) is 0.500. The lowest BCUT2D eigenvalue weighted by molar-refractivity contribution is -0.143. The van der Waals surface area contributed by atoms with Crippen LogP contribution in [-0.4, -0.2) is 31.6 Å². The Bertz CT molecular complexity index is 493. The molecule has 1 aromatic rings. The SMILES string of the molecule is CCOC(=O)CCCNC(=O)C1CNNC1c1ccccc1. The minimum Gasteiger partial charge on any atom is -0.466 e. The molecule has 1 aliphatic rings. The molecule has 1 aromatic carbocycles. The van der Waals surface area contributed by atoms with Crippen molar-refractivity contribution >= 4 is 11.9 Å². The number of carbonyl (C=O) groups is 2. The van der Waals surface area contributed by atoms with Crippen LogP contribution in [0, 0.1) is 5.92 Å². The van der Waals surface area contributed by atoms with Gasteiger partial charge in [0.2, 0.25) is 5.91 Å². The van der Waals surface area contributed by atoms with Crippen LogP contribution in [0.1, 0.15) is 31.4 Å². The highest BCUT2D eigenvalue weighted by Gasteiger charge is 2.33. The molecule has 1 amide bonds. The third-order valence-corrected chi connectivity index (χ3v) is 3.64. The molecule has 3 N–H and O–H groups in total. The number of benzene rings is 1. The van der Waals surface area contributed by atoms with E-state index in [1.807, 2.05) is 30.3 Å². The van der Waals surface area contributed by atoms with E-state index < -0.39 is 0 Å². The van der Waals surface area contributed by atoms with E-state index in [1.165, 1.54) is 0 Å². The first-order chi connectivity index (χ1) is 10.7. The molecule has 1 saturated heterocycles.